The quantitative estimate of drug-likeness (QED) is 0.151. The van der Waals surface area contributed by atoms with E-state index in [-0.39, 0.29) is 0 Å². The van der Waals surface area contributed by atoms with Crippen molar-refractivity contribution in [3.05, 3.63) is 255 Å². The van der Waals surface area contributed by atoms with Crippen LogP contribution in [0.1, 0.15) is 0 Å². The molecule has 0 aliphatic rings. The van der Waals surface area contributed by atoms with Gasteiger partial charge in [-0.05, 0) is 117 Å². The predicted molar refractivity (Wildman–Crippen MR) is 295 cm³/mol. The highest BCUT2D eigenvalue weighted by Crippen LogP contribution is 2.45. The minimum atomic E-state index is 1.15. The molecule has 0 aliphatic carbocycles. The zero-order chi connectivity index (χ0) is 45.4. The molecule has 0 aliphatic heterocycles. The van der Waals surface area contributed by atoms with Gasteiger partial charge in [-0.15, -0.1) is 11.3 Å². The molecule has 0 bridgehead atoms. The summed E-state index contributed by atoms with van der Waals surface area (Å²) in [5.74, 6) is 0. The standard InChI is InChI=1S/C66H42N2S/c1-4-17-43(18-5-1)45-21-14-22-48(39-45)52-27-16-31-62-65(52)58-41-47(35-38-61(58)67(62)50-23-8-3-9-24-50)46-34-37-60-57(40-46)54-25-10-12-30-59(54)68(60)63-42-49(33-36-51(63)44-19-6-2-7-20-44)53-28-15-29-56-55-26-11-13-32-64(55)69-66(53)56/h1-42H. The first kappa shape index (κ1) is 39.4. The first-order chi connectivity index (χ1) is 34.2. The van der Waals surface area contributed by atoms with E-state index in [1.807, 2.05) is 11.3 Å². The topological polar surface area (TPSA) is 9.86 Å². The Morgan fingerprint density at radius 3 is 1.61 bits per heavy atom. The number of hydrogen-bond donors (Lipinski definition) is 0. The SMILES string of the molecule is c1ccc(-c2cccc(-c3cccc4c3c3cc(-c5ccc6c(c5)c5ccccc5n6-c5cc(-c6cccc7c6sc6ccccc67)ccc5-c5ccccc5)ccc3n4-c3ccccc3)c2)cc1. The Balaban J connectivity index is 0.970. The van der Waals surface area contributed by atoms with Crippen LogP contribution in [0, 0.1) is 0 Å². The molecule has 69 heavy (non-hydrogen) atoms. The molecule has 2 nitrogen and oxygen atoms in total. The average Bonchev–Trinajstić information content (AvgIpc) is 4.09. The van der Waals surface area contributed by atoms with Crippen molar-refractivity contribution in [3.8, 4) is 67.0 Å². The molecule has 0 atom stereocenters. The van der Waals surface area contributed by atoms with Gasteiger partial charge < -0.3 is 9.13 Å². The van der Waals surface area contributed by atoms with E-state index in [1.54, 1.807) is 0 Å². The molecule has 0 amide bonds. The zero-order valence-corrected chi connectivity index (χ0v) is 38.4. The molecule has 0 saturated heterocycles. The Morgan fingerprint density at radius 2 is 0.797 bits per heavy atom. The monoisotopic (exact) mass is 894 g/mol. The molecule has 14 rings (SSSR count). The lowest BCUT2D eigenvalue weighted by Gasteiger charge is -2.17. The van der Waals surface area contributed by atoms with Gasteiger partial charge in [-0.1, -0.05) is 188 Å². The molecular weight excluding hydrogens is 853 g/mol. The van der Waals surface area contributed by atoms with Gasteiger partial charge >= 0.3 is 0 Å². The highest BCUT2D eigenvalue weighted by Gasteiger charge is 2.21. The summed E-state index contributed by atoms with van der Waals surface area (Å²) in [6.45, 7) is 0. The van der Waals surface area contributed by atoms with Gasteiger partial charge in [-0.3, -0.25) is 0 Å². The van der Waals surface area contributed by atoms with Crippen LogP contribution >= 0.6 is 11.3 Å². The van der Waals surface area contributed by atoms with Crippen LogP contribution in [0.2, 0.25) is 0 Å². The van der Waals surface area contributed by atoms with E-state index >= 15 is 0 Å². The van der Waals surface area contributed by atoms with Crippen molar-refractivity contribution in [2.24, 2.45) is 0 Å². The van der Waals surface area contributed by atoms with E-state index in [0.717, 1.165) is 11.4 Å². The second-order valence-corrected chi connectivity index (χ2v) is 19.1. The van der Waals surface area contributed by atoms with Gasteiger partial charge in [0.05, 0.1) is 27.8 Å². The van der Waals surface area contributed by atoms with Gasteiger partial charge in [-0.25, -0.2) is 0 Å². The molecule has 0 spiro atoms. The van der Waals surface area contributed by atoms with Crippen molar-refractivity contribution < 1.29 is 0 Å². The van der Waals surface area contributed by atoms with Crippen LogP contribution in [0.5, 0.6) is 0 Å². The first-order valence-corrected chi connectivity index (χ1v) is 24.5. The summed E-state index contributed by atoms with van der Waals surface area (Å²) in [6.07, 6.45) is 0. The summed E-state index contributed by atoms with van der Waals surface area (Å²) in [4.78, 5) is 0. The summed E-state index contributed by atoms with van der Waals surface area (Å²) >= 11 is 1.88. The van der Waals surface area contributed by atoms with E-state index in [2.05, 4.69) is 264 Å². The van der Waals surface area contributed by atoms with Crippen molar-refractivity contribution in [1.82, 2.24) is 9.13 Å². The molecule has 3 heteroatoms. The second kappa shape index (κ2) is 16.0. The minimum absolute atomic E-state index is 1.15. The van der Waals surface area contributed by atoms with Crippen molar-refractivity contribution >= 4 is 75.1 Å². The number of benzene rings is 11. The van der Waals surface area contributed by atoms with E-state index in [9.17, 15) is 0 Å². The number of thiophene rings is 1. The lowest BCUT2D eigenvalue weighted by molar-refractivity contribution is 1.18. The van der Waals surface area contributed by atoms with Gasteiger partial charge in [-0.2, -0.15) is 0 Å². The second-order valence-electron chi connectivity index (χ2n) is 18.0. The van der Waals surface area contributed by atoms with E-state index in [1.165, 1.54) is 119 Å². The number of hydrogen-bond acceptors (Lipinski definition) is 1. The maximum Gasteiger partial charge on any atom is 0.0547 e. The van der Waals surface area contributed by atoms with Gasteiger partial charge in [0.25, 0.3) is 0 Å². The van der Waals surface area contributed by atoms with Crippen LogP contribution in [0.4, 0.5) is 0 Å². The third-order valence-electron chi connectivity index (χ3n) is 14.1. The summed E-state index contributed by atoms with van der Waals surface area (Å²) in [5, 5.41) is 7.56. The summed E-state index contributed by atoms with van der Waals surface area (Å²) < 4.78 is 7.56. The van der Waals surface area contributed by atoms with Gasteiger partial charge in [0.1, 0.15) is 0 Å². The van der Waals surface area contributed by atoms with Gasteiger partial charge in [0.2, 0.25) is 0 Å². The van der Waals surface area contributed by atoms with E-state index in [4.69, 9.17) is 0 Å². The Labute approximate surface area is 403 Å². The number of para-hydroxylation sites is 2. The van der Waals surface area contributed by atoms with Gasteiger partial charge in [0.15, 0.2) is 0 Å². The molecule has 14 aromatic rings. The molecule has 0 saturated carbocycles. The molecule has 11 aromatic carbocycles. The maximum absolute atomic E-state index is 2.50. The lowest BCUT2D eigenvalue weighted by atomic mass is 9.95. The van der Waals surface area contributed by atoms with Crippen molar-refractivity contribution in [1.29, 1.82) is 0 Å². The van der Waals surface area contributed by atoms with Crippen molar-refractivity contribution in [3.63, 3.8) is 0 Å². The third-order valence-corrected chi connectivity index (χ3v) is 15.3. The number of fused-ring (bicyclic) bond motifs is 9. The molecule has 0 unspecified atom stereocenters. The summed E-state index contributed by atoms with van der Waals surface area (Å²) in [5.41, 5.74) is 19.1. The number of nitrogens with zero attached hydrogens (tertiary/aromatic N) is 2. The molecule has 3 aromatic heterocycles. The van der Waals surface area contributed by atoms with Crippen LogP contribution in [0.25, 0.3) is 131 Å². The van der Waals surface area contributed by atoms with Crippen LogP contribution in [0.3, 0.4) is 0 Å². The molecule has 0 N–H and O–H groups in total. The highest BCUT2D eigenvalue weighted by molar-refractivity contribution is 7.26. The fourth-order valence-electron chi connectivity index (χ4n) is 11.0. The number of rotatable bonds is 7. The predicted octanol–water partition coefficient (Wildman–Crippen LogP) is 18.6. The molecule has 0 fully saturated rings. The van der Waals surface area contributed by atoms with E-state index < -0.39 is 0 Å². The van der Waals surface area contributed by atoms with Crippen LogP contribution in [0.15, 0.2) is 255 Å². The number of aromatic nitrogens is 2. The normalized spacial score (nSPS) is 11.8. The van der Waals surface area contributed by atoms with Crippen molar-refractivity contribution in [2.75, 3.05) is 0 Å². The van der Waals surface area contributed by atoms with Crippen LogP contribution in [-0.2, 0) is 0 Å². The zero-order valence-electron chi connectivity index (χ0n) is 37.6. The Morgan fingerprint density at radius 1 is 0.261 bits per heavy atom. The molecular formula is C66H42N2S. The Bertz CT molecular complexity index is 4290. The Hall–Kier alpha value is -8.76. The fourth-order valence-corrected chi connectivity index (χ4v) is 12.2. The van der Waals surface area contributed by atoms with Gasteiger partial charge in [0, 0.05) is 53.0 Å². The Kier molecular flexibility index (Phi) is 9.11. The molecule has 322 valence electrons. The van der Waals surface area contributed by atoms with Crippen LogP contribution in [-0.4, -0.2) is 9.13 Å². The lowest BCUT2D eigenvalue weighted by Crippen LogP contribution is -1.98. The third kappa shape index (κ3) is 6.39. The molecule has 0 radical (unpaired) electrons. The van der Waals surface area contributed by atoms with E-state index in [0.29, 0.717) is 0 Å². The van der Waals surface area contributed by atoms with Crippen molar-refractivity contribution in [2.45, 2.75) is 0 Å². The minimum Gasteiger partial charge on any atom is -0.309 e. The van der Waals surface area contributed by atoms with Crippen LogP contribution < -0.4 is 0 Å². The smallest absolute Gasteiger partial charge is 0.0547 e. The molecule has 3 heterocycles. The summed E-state index contributed by atoms with van der Waals surface area (Å²) in [6, 6.07) is 93.7. The highest BCUT2D eigenvalue weighted by atomic mass is 32.1. The largest absolute Gasteiger partial charge is 0.309 e. The average molecular weight is 895 g/mol. The fraction of sp³-hybridized carbons (Fsp3) is 0. The maximum atomic E-state index is 2.50. The summed E-state index contributed by atoms with van der Waals surface area (Å²) in [7, 11) is 0. The first-order valence-electron chi connectivity index (χ1n) is 23.7.